The summed E-state index contributed by atoms with van der Waals surface area (Å²) >= 11 is 0. The summed E-state index contributed by atoms with van der Waals surface area (Å²) in [5.74, 6) is -4.02. The molecule has 102 valence electrons. The Labute approximate surface area is 100 Å². The molecule has 5 nitrogen and oxygen atoms in total. The van der Waals surface area contributed by atoms with Gasteiger partial charge < -0.3 is 15.9 Å². The van der Waals surface area contributed by atoms with E-state index in [-0.39, 0.29) is 12.0 Å². The molecule has 0 aromatic rings. The molecule has 0 radical (unpaired) electrons. The predicted molar refractivity (Wildman–Crippen MR) is 54.4 cm³/mol. The zero-order chi connectivity index (χ0) is 13.9. The number of allylic oxidation sites excluding steroid dienone is 1. The molecular weight excluding hydrogens is 255 g/mol. The lowest BCUT2D eigenvalue weighted by atomic mass is 9.96. The van der Waals surface area contributed by atoms with Crippen molar-refractivity contribution in [3.8, 4) is 0 Å². The van der Waals surface area contributed by atoms with Crippen LogP contribution in [0, 0.1) is 0 Å². The first-order valence-corrected chi connectivity index (χ1v) is 4.95. The van der Waals surface area contributed by atoms with E-state index in [0.29, 0.717) is 6.08 Å². The van der Waals surface area contributed by atoms with Gasteiger partial charge in [-0.3, -0.25) is 9.53 Å². The lowest BCUT2D eigenvalue weighted by Crippen LogP contribution is -2.43. The van der Waals surface area contributed by atoms with Crippen LogP contribution in [0.15, 0.2) is 23.8 Å². The second-order valence-electron chi connectivity index (χ2n) is 3.76. The van der Waals surface area contributed by atoms with Gasteiger partial charge in [-0.15, -0.1) is 0 Å². The van der Waals surface area contributed by atoms with Gasteiger partial charge in [0.1, 0.15) is 6.04 Å². The maximum atomic E-state index is 13.5. The van der Waals surface area contributed by atoms with Crippen molar-refractivity contribution in [2.24, 2.45) is 5.73 Å². The van der Waals surface area contributed by atoms with Crippen LogP contribution in [0.4, 0.5) is 13.2 Å². The van der Waals surface area contributed by atoms with Gasteiger partial charge in [0.05, 0.1) is 0 Å². The van der Waals surface area contributed by atoms with Crippen LogP contribution in [0.3, 0.4) is 0 Å². The minimum absolute atomic E-state index is 0.181. The first kappa shape index (κ1) is 14.7. The Morgan fingerprint density at radius 2 is 2.22 bits per heavy atom. The maximum Gasteiger partial charge on any atom is 0.348 e. The molecule has 3 atom stereocenters. The zero-order valence-electron chi connectivity index (χ0n) is 9.09. The van der Waals surface area contributed by atoms with E-state index in [0.717, 1.165) is 12.2 Å². The average molecular weight is 267 g/mol. The molecule has 0 heterocycles. The average Bonchev–Trinajstić information content (AvgIpc) is 2.23. The van der Waals surface area contributed by atoms with E-state index in [4.69, 9.17) is 10.8 Å². The van der Waals surface area contributed by atoms with E-state index in [1.54, 1.807) is 0 Å². The van der Waals surface area contributed by atoms with Gasteiger partial charge in [-0.25, -0.2) is 4.39 Å². The van der Waals surface area contributed by atoms with Crippen LogP contribution in [-0.4, -0.2) is 40.8 Å². The fourth-order valence-electron chi connectivity index (χ4n) is 1.41. The quantitative estimate of drug-likeness (QED) is 0.632. The fourth-order valence-corrected chi connectivity index (χ4v) is 1.41. The molecule has 1 aliphatic carbocycles. The van der Waals surface area contributed by atoms with Gasteiger partial charge in [0.15, 0.2) is 6.17 Å². The number of carbonyl (C=O) groups is 1. The number of aliphatic carboxylic acids is 1. The monoisotopic (exact) mass is 267 g/mol. The van der Waals surface area contributed by atoms with Gasteiger partial charge in [-0.2, -0.15) is 8.78 Å². The highest BCUT2D eigenvalue weighted by molar-refractivity contribution is 5.73. The van der Waals surface area contributed by atoms with E-state index in [1.165, 1.54) is 0 Å². The van der Waals surface area contributed by atoms with Gasteiger partial charge in [0.25, 0.3) is 0 Å². The minimum Gasteiger partial charge on any atom is -0.480 e. The highest BCUT2D eigenvalue weighted by atomic mass is 19.3. The molecule has 8 heteroatoms. The van der Waals surface area contributed by atoms with Crippen molar-refractivity contribution in [3.05, 3.63) is 23.8 Å². The number of hydrogen-bond donors (Lipinski definition) is 3. The van der Waals surface area contributed by atoms with E-state index < -0.39 is 30.6 Å². The molecule has 0 aromatic carbocycles. The van der Waals surface area contributed by atoms with Crippen molar-refractivity contribution in [2.45, 2.75) is 31.0 Å². The van der Waals surface area contributed by atoms with Gasteiger partial charge >= 0.3 is 12.6 Å². The van der Waals surface area contributed by atoms with Crippen LogP contribution >= 0.6 is 0 Å². The Kier molecular flexibility index (Phi) is 4.49. The Balaban J connectivity index is 2.72. The first-order chi connectivity index (χ1) is 8.24. The van der Waals surface area contributed by atoms with E-state index in [1.807, 2.05) is 0 Å². The molecule has 0 amide bonds. The van der Waals surface area contributed by atoms with Gasteiger partial charge in [-0.05, 0) is 24.1 Å². The summed E-state index contributed by atoms with van der Waals surface area (Å²) in [6.45, 7) is -3.34. The van der Waals surface area contributed by atoms with Crippen LogP contribution in [0.1, 0.15) is 6.42 Å². The van der Waals surface area contributed by atoms with E-state index in [2.05, 4.69) is 4.74 Å². The number of nitrogens with two attached hydrogens (primary N) is 1. The smallest absolute Gasteiger partial charge is 0.348 e. The van der Waals surface area contributed by atoms with Crippen molar-refractivity contribution in [1.29, 1.82) is 0 Å². The number of carboxylic acid groups (broad SMARTS) is 1. The van der Waals surface area contributed by atoms with E-state index in [9.17, 15) is 23.1 Å². The SMILES string of the molecule is N[C@@H](CC1=CC(F)C(O)(OC(F)F)C=C1)C(=O)O. The Morgan fingerprint density at radius 3 is 2.67 bits per heavy atom. The number of carboxylic acids is 1. The highest BCUT2D eigenvalue weighted by Crippen LogP contribution is 2.28. The van der Waals surface area contributed by atoms with Gasteiger partial charge in [0, 0.05) is 0 Å². The van der Waals surface area contributed by atoms with Crippen molar-refractivity contribution in [2.75, 3.05) is 0 Å². The first-order valence-electron chi connectivity index (χ1n) is 4.95. The molecule has 0 bridgehead atoms. The van der Waals surface area contributed by atoms with Crippen molar-refractivity contribution in [3.63, 3.8) is 0 Å². The third-order valence-electron chi connectivity index (χ3n) is 2.34. The third-order valence-corrected chi connectivity index (χ3v) is 2.34. The van der Waals surface area contributed by atoms with Gasteiger partial charge in [0.2, 0.25) is 5.79 Å². The van der Waals surface area contributed by atoms with Crippen molar-refractivity contribution < 1.29 is 32.9 Å². The summed E-state index contributed by atoms with van der Waals surface area (Å²) in [6.07, 6.45) is 0.185. The normalized spacial score (nSPS) is 29.2. The second kappa shape index (κ2) is 5.51. The molecule has 0 spiro atoms. The number of ether oxygens (including phenoxy) is 1. The zero-order valence-corrected chi connectivity index (χ0v) is 9.09. The van der Waals surface area contributed by atoms with Crippen LogP contribution in [0.2, 0.25) is 0 Å². The molecule has 18 heavy (non-hydrogen) atoms. The topological polar surface area (TPSA) is 92.8 Å². The molecule has 0 saturated carbocycles. The summed E-state index contributed by atoms with van der Waals surface area (Å²) in [7, 11) is 0. The lowest BCUT2D eigenvalue weighted by molar-refractivity contribution is -0.286. The maximum absolute atomic E-state index is 13.5. The minimum atomic E-state index is -3.34. The van der Waals surface area contributed by atoms with Crippen LogP contribution in [-0.2, 0) is 9.53 Å². The van der Waals surface area contributed by atoms with Crippen LogP contribution < -0.4 is 5.73 Å². The Bertz CT molecular complexity index is 385. The standard InChI is InChI=1S/C10H12F3NO4/c11-7-4-5(3-6(14)8(15)16)1-2-10(7,17)18-9(12)13/h1-2,4,6-7,9,17H,3,14H2,(H,15,16)/t6-,7?,10?/m0/s1. The molecule has 0 fully saturated rings. The summed E-state index contributed by atoms with van der Waals surface area (Å²) in [4.78, 5) is 10.5. The highest BCUT2D eigenvalue weighted by Gasteiger charge is 2.39. The lowest BCUT2D eigenvalue weighted by Gasteiger charge is -2.29. The predicted octanol–water partition coefficient (Wildman–Crippen LogP) is 0.550. The second-order valence-corrected chi connectivity index (χ2v) is 3.76. The number of hydrogen-bond acceptors (Lipinski definition) is 4. The van der Waals surface area contributed by atoms with Crippen molar-refractivity contribution >= 4 is 5.97 Å². The Hall–Kier alpha value is -1.38. The summed E-state index contributed by atoms with van der Waals surface area (Å²) < 4.78 is 41.1. The third kappa shape index (κ3) is 3.56. The van der Waals surface area contributed by atoms with Crippen molar-refractivity contribution in [1.82, 2.24) is 0 Å². The molecule has 2 unspecified atom stereocenters. The molecule has 0 saturated heterocycles. The number of halogens is 3. The molecule has 0 aliphatic heterocycles. The van der Waals surface area contributed by atoms with Gasteiger partial charge in [-0.1, -0.05) is 6.08 Å². The van der Waals surface area contributed by atoms with E-state index >= 15 is 0 Å². The fraction of sp³-hybridized carbons (Fsp3) is 0.500. The Morgan fingerprint density at radius 1 is 1.61 bits per heavy atom. The molecule has 0 aromatic heterocycles. The molecular formula is C10H12F3NO4. The summed E-state index contributed by atoms with van der Waals surface area (Å²) in [6, 6.07) is -1.24. The number of rotatable bonds is 5. The van der Waals surface area contributed by atoms with Crippen LogP contribution in [0.25, 0.3) is 0 Å². The molecule has 1 aliphatic rings. The largest absolute Gasteiger partial charge is 0.480 e. The molecule has 4 N–H and O–H groups in total. The number of aliphatic hydroxyl groups is 1. The summed E-state index contributed by atoms with van der Waals surface area (Å²) in [5.41, 5.74) is 5.41. The molecule has 1 rings (SSSR count). The number of alkyl halides is 3. The summed E-state index contributed by atoms with van der Waals surface area (Å²) in [5, 5.41) is 18.0. The van der Waals surface area contributed by atoms with Crippen LogP contribution in [0.5, 0.6) is 0 Å².